The number of benzene rings is 1. The third-order valence-corrected chi connectivity index (χ3v) is 2.59. The van der Waals surface area contributed by atoms with Gasteiger partial charge in [-0.3, -0.25) is 0 Å². The van der Waals surface area contributed by atoms with Crippen LogP contribution in [0.2, 0.25) is 0 Å². The molecule has 0 amide bonds. The fraction of sp³-hybridized carbons (Fsp3) is 0.333. The third-order valence-electron chi connectivity index (χ3n) is 2.59. The van der Waals surface area contributed by atoms with Crippen molar-refractivity contribution in [2.75, 3.05) is 7.11 Å². The largest absolute Gasteiger partial charge is 0.506 e. The lowest BCUT2D eigenvalue weighted by atomic mass is 10.2. The fourth-order valence-corrected chi connectivity index (χ4v) is 1.99. The average Bonchev–Trinajstić information content (AvgIpc) is 2.57. The van der Waals surface area contributed by atoms with Crippen LogP contribution < -0.4 is 0 Å². The molecule has 0 aliphatic rings. The van der Waals surface area contributed by atoms with E-state index in [1.807, 2.05) is 12.1 Å². The molecule has 0 unspecified atom stereocenters. The predicted molar refractivity (Wildman–Crippen MR) is 60.0 cm³/mol. The molecular formula is C12H15NO2. The summed E-state index contributed by atoms with van der Waals surface area (Å²) in [5, 5.41) is 10.9. The number of aromatic nitrogens is 1. The number of nitrogens with zero attached hydrogens (tertiary/aromatic N) is 1. The van der Waals surface area contributed by atoms with Gasteiger partial charge in [0.25, 0.3) is 0 Å². The van der Waals surface area contributed by atoms with Gasteiger partial charge in [-0.05, 0) is 19.1 Å². The predicted octanol–water partition coefficient (Wildman–Crippen LogP) is 2.51. The minimum atomic E-state index is 0.330. The molecule has 2 rings (SSSR count). The molecule has 0 bridgehead atoms. The number of ether oxygens (including phenoxy) is 1. The summed E-state index contributed by atoms with van der Waals surface area (Å²) in [5.41, 5.74) is 1.99. The Hall–Kier alpha value is -1.48. The van der Waals surface area contributed by atoms with Crippen molar-refractivity contribution in [3.8, 4) is 5.75 Å². The molecule has 0 fully saturated rings. The molecule has 0 atom stereocenters. The number of methoxy groups -OCH3 is 1. The SMILES string of the molecule is CCn1c(COC)cc2cccc(O)c21. The van der Waals surface area contributed by atoms with Gasteiger partial charge in [-0.2, -0.15) is 0 Å². The Morgan fingerprint density at radius 3 is 2.87 bits per heavy atom. The van der Waals surface area contributed by atoms with E-state index < -0.39 is 0 Å². The van der Waals surface area contributed by atoms with Gasteiger partial charge in [-0.1, -0.05) is 12.1 Å². The Morgan fingerprint density at radius 1 is 1.40 bits per heavy atom. The zero-order chi connectivity index (χ0) is 10.8. The van der Waals surface area contributed by atoms with Crippen LogP contribution in [0.5, 0.6) is 5.75 Å². The van der Waals surface area contributed by atoms with Crippen molar-refractivity contribution < 1.29 is 9.84 Å². The minimum Gasteiger partial charge on any atom is -0.506 e. The summed E-state index contributed by atoms with van der Waals surface area (Å²) in [5.74, 6) is 0.330. The van der Waals surface area contributed by atoms with E-state index in [1.165, 1.54) is 0 Å². The second-order valence-corrected chi connectivity index (χ2v) is 3.53. The number of hydrogen-bond acceptors (Lipinski definition) is 2. The van der Waals surface area contributed by atoms with Crippen LogP contribution >= 0.6 is 0 Å². The molecular weight excluding hydrogens is 190 g/mol. The minimum absolute atomic E-state index is 0.330. The van der Waals surface area contributed by atoms with Gasteiger partial charge in [0.15, 0.2) is 0 Å². The summed E-state index contributed by atoms with van der Waals surface area (Å²) < 4.78 is 7.21. The number of phenols is 1. The first kappa shape index (κ1) is 10.1. The summed E-state index contributed by atoms with van der Waals surface area (Å²) >= 11 is 0. The molecule has 15 heavy (non-hydrogen) atoms. The van der Waals surface area contributed by atoms with Gasteiger partial charge >= 0.3 is 0 Å². The monoisotopic (exact) mass is 205 g/mol. The van der Waals surface area contributed by atoms with Crippen molar-refractivity contribution in [3.05, 3.63) is 30.0 Å². The Kier molecular flexibility index (Phi) is 2.64. The van der Waals surface area contributed by atoms with Crippen molar-refractivity contribution in [2.24, 2.45) is 0 Å². The van der Waals surface area contributed by atoms with Crippen LogP contribution in [0.25, 0.3) is 10.9 Å². The van der Waals surface area contributed by atoms with E-state index in [4.69, 9.17) is 4.74 Å². The molecule has 0 radical (unpaired) electrons. The third kappa shape index (κ3) is 1.59. The van der Waals surface area contributed by atoms with Crippen LogP contribution in [0.1, 0.15) is 12.6 Å². The number of fused-ring (bicyclic) bond motifs is 1. The molecule has 1 N–H and O–H groups in total. The molecule has 1 heterocycles. The van der Waals surface area contributed by atoms with Gasteiger partial charge in [0.05, 0.1) is 12.1 Å². The van der Waals surface area contributed by atoms with Crippen molar-refractivity contribution in [3.63, 3.8) is 0 Å². The molecule has 0 spiro atoms. The molecule has 0 aliphatic heterocycles. The topological polar surface area (TPSA) is 34.4 Å². The maximum atomic E-state index is 9.80. The lowest BCUT2D eigenvalue weighted by molar-refractivity contribution is 0.178. The van der Waals surface area contributed by atoms with E-state index in [0.29, 0.717) is 12.4 Å². The molecule has 80 valence electrons. The molecule has 0 saturated heterocycles. The summed E-state index contributed by atoms with van der Waals surface area (Å²) in [6, 6.07) is 7.63. The van der Waals surface area contributed by atoms with Crippen molar-refractivity contribution >= 4 is 10.9 Å². The molecule has 0 saturated carbocycles. The Bertz CT molecular complexity index is 474. The summed E-state index contributed by atoms with van der Waals surface area (Å²) in [4.78, 5) is 0. The standard InChI is InChI=1S/C12H15NO2/c1-3-13-10(8-15-2)7-9-5-4-6-11(14)12(9)13/h4-7,14H,3,8H2,1-2H3. The molecule has 3 nitrogen and oxygen atoms in total. The second kappa shape index (κ2) is 3.95. The lowest BCUT2D eigenvalue weighted by Crippen LogP contribution is -2.01. The Labute approximate surface area is 88.9 Å². The van der Waals surface area contributed by atoms with E-state index >= 15 is 0 Å². The number of para-hydroxylation sites is 1. The smallest absolute Gasteiger partial charge is 0.139 e. The van der Waals surface area contributed by atoms with E-state index in [2.05, 4.69) is 17.6 Å². The van der Waals surface area contributed by atoms with Gasteiger partial charge < -0.3 is 14.4 Å². The van der Waals surface area contributed by atoms with Crippen molar-refractivity contribution in [1.82, 2.24) is 4.57 Å². The lowest BCUT2D eigenvalue weighted by Gasteiger charge is -2.07. The maximum absolute atomic E-state index is 9.80. The highest BCUT2D eigenvalue weighted by Crippen LogP contribution is 2.28. The molecule has 1 aromatic carbocycles. The first-order valence-electron chi connectivity index (χ1n) is 5.07. The Morgan fingerprint density at radius 2 is 2.20 bits per heavy atom. The van der Waals surface area contributed by atoms with E-state index in [1.54, 1.807) is 13.2 Å². The van der Waals surface area contributed by atoms with Crippen molar-refractivity contribution in [2.45, 2.75) is 20.1 Å². The number of hydrogen-bond donors (Lipinski definition) is 1. The van der Waals surface area contributed by atoms with Crippen LogP contribution in [0.15, 0.2) is 24.3 Å². The maximum Gasteiger partial charge on any atom is 0.139 e. The van der Waals surface area contributed by atoms with Gasteiger partial charge in [0.1, 0.15) is 5.75 Å². The van der Waals surface area contributed by atoms with Gasteiger partial charge in [0, 0.05) is 24.7 Å². The van der Waals surface area contributed by atoms with Crippen LogP contribution in [-0.2, 0) is 17.9 Å². The highest BCUT2D eigenvalue weighted by molar-refractivity contribution is 5.86. The molecule has 2 aromatic rings. The van der Waals surface area contributed by atoms with Gasteiger partial charge in [-0.15, -0.1) is 0 Å². The number of aryl methyl sites for hydroxylation is 1. The number of aromatic hydroxyl groups is 1. The number of phenolic OH excluding ortho intramolecular Hbond substituents is 1. The summed E-state index contributed by atoms with van der Waals surface area (Å²) in [6.07, 6.45) is 0. The van der Waals surface area contributed by atoms with Gasteiger partial charge in [0.2, 0.25) is 0 Å². The van der Waals surface area contributed by atoms with E-state index in [0.717, 1.165) is 23.1 Å². The molecule has 3 heteroatoms. The fourth-order valence-electron chi connectivity index (χ4n) is 1.99. The molecule has 0 aliphatic carbocycles. The summed E-state index contributed by atoms with van der Waals surface area (Å²) in [7, 11) is 1.68. The highest BCUT2D eigenvalue weighted by Gasteiger charge is 2.09. The second-order valence-electron chi connectivity index (χ2n) is 3.53. The number of rotatable bonds is 3. The molecule has 1 aromatic heterocycles. The van der Waals surface area contributed by atoms with E-state index in [-0.39, 0.29) is 0 Å². The van der Waals surface area contributed by atoms with Crippen LogP contribution in [0.4, 0.5) is 0 Å². The zero-order valence-corrected chi connectivity index (χ0v) is 9.03. The first-order chi connectivity index (χ1) is 7.27. The zero-order valence-electron chi connectivity index (χ0n) is 9.03. The van der Waals surface area contributed by atoms with Crippen LogP contribution in [0, 0.1) is 0 Å². The average molecular weight is 205 g/mol. The summed E-state index contributed by atoms with van der Waals surface area (Å²) in [6.45, 7) is 3.47. The highest BCUT2D eigenvalue weighted by atomic mass is 16.5. The van der Waals surface area contributed by atoms with Crippen molar-refractivity contribution in [1.29, 1.82) is 0 Å². The quantitative estimate of drug-likeness (QED) is 0.835. The van der Waals surface area contributed by atoms with Crippen LogP contribution in [-0.4, -0.2) is 16.8 Å². The van der Waals surface area contributed by atoms with Gasteiger partial charge in [-0.25, -0.2) is 0 Å². The van der Waals surface area contributed by atoms with Crippen LogP contribution in [0.3, 0.4) is 0 Å². The Balaban J connectivity index is 2.68. The first-order valence-corrected chi connectivity index (χ1v) is 5.07. The van der Waals surface area contributed by atoms with E-state index in [9.17, 15) is 5.11 Å². The normalized spacial score (nSPS) is 11.1.